The van der Waals surface area contributed by atoms with Gasteiger partial charge in [0.1, 0.15) is 5.75 Å². The highest BCUT2D eigenvalue weighted by Gasteiger charge is 2.40. The van der Waals surface area contributed by atoms with E-state index in [0.717, 1.165) is 22.7 Å². The first kappa shape index (κ1) is 13.7. The number of hydrogen-bond donors (Lipinski definition) is 2. The molecule has 3 unspecified atom stereocenters. The van der Waals surface area contributed by atoms with Crippen LogP contribution < -0.4 is 5.32 Å². The molecule has 0 aromatic heterocycles. The van der Waals surface area contributed by atoms with Crippen molar-refractivity contribution in [2.45, 2.75) is 25.3 Å². The molecule has 3 atom stereocenters. The molecule has 1 heterocycles. The summed E-state index contributed by atoms with van der Waals surface area (Å²) in [5, 5.41) is 14.7. The number of anilines is 1. The first-order valence-corrected chi connectivity index (χ1v) is 8.04. The Labute approximate surface area is 135 Å². The monoisotopic (exact) mass is 311 g/mol. The highest BCUT2D eigenvalue weighted by molar-refractivity contribution is 6.31. The molecule has 0 saturated carbocycles. The van der Waals surface area contributed by atoms with Gasteiger partial charge in [-0.2, -0.15) is 0 Å². The number of rotatable bonds is 1. The highest BCUT2D eigenvalue weighted by atomic mass is 35.5. The molecule has 2 nitrogen and oxygen atoms in total. The molecular weight excluding hydrogens is 294 g/mol. The average molecular weight is 312 g/mol. The fourth-order valence-corrected chi connectivity index (χ4v) is 4.17. The molecule has 22 heavy (non-hydrogen) atoms. The Bertz CT molecular complexity index is 768. The molecule has 0 spiro atoms. The number of fused-ring (bicyclic) bond motifs is 3. The van der Waals surface area contributed by atoms with Gasteiger partial charge in [0.15, 0.2) is 0 Å². The van der Waals surface area contributed by atoms with Crippen molar-refractivity contribution in [2.24, 2.45) is 5.92 Å². The van der Waals surface area contributed by atoms with Crippen LogP contribution in [-0.4, -0.2) is 5.11 Å². The van der Waals surface area contributed by atoms with Gasteiger partial charge in [-0.1, -0.05) is 48.0 Å². The molecule has 2 aliphatic rings. The Kier molecular flexibility index (Phi) is 3.16. The molecule has 2 aromatic carbocycles. The van der Waals surface area contributed by atoms with Crippen molar-refractivity contribution in [3.05, 3.63) is 70.3 Å². The summed E-state index contributed by atoms with van der Waals surface area (Å²) < 4.78 is 0. The van der Waals surface area contributed by atoms with Crippen molar-refractivity contribution in [3.8, 4) is 5.75 Å². The second kappa shape index (κ2) is 5.06. The Morgan fingerprint density at radius 1 is 1.18 bits per heavy atom. The molecular formula is C19H18ClNO. The van der Waals surface area contributed by atoms with Crippen LogP contribution in [0, 0.1) is 12.8 Å². The van der Waals surface area contributed by atoms with Crippen LogP contribution in [-0.2, 0) is 0 Å². The summed E-state index contributed by atoms with van der Waals surface area (Å²) in [5.41, 5.74) is 4.41. The molecule has 0 saturated heterocycles. The zero-order chi connectivity index (χ0) is 15.3. The number of hydrogen-bond acceptors (Lipinski definition) is 2. The number of aryl methyl sites for hydroxylation is 1. The topological polar surface area (TPSA) is 32.3 Å². The van der Waals surface area contributed by atoms with Gasteiger partial charge < -0.3 is 10.4 Å². The van der Waals surface area contributed by atoms with Crippen LogP contribution in [0.25, 0.3) is 0 Å². The number of aromatic hydroxyl groups is 1. The van der Waals surface area contributed by atoms with Crippen LogP contribution in [0.1, 0.15) is 35.1 Å². The number of allylic oxidation sites excluding steroid dienone is 2. The number of nitrogens with one attached hydrogen (secondary N) is 1. The lowest BCUT2D eigenvalue weighted by Gasteiger charge is -2.38. The predicted octanol–water partition coefficient (Wildman–Crippen LogP) is 5.18. The minimum atomic E-state index is 0.119. The van der Waals surface area contributed by atoms with E-state index in [1.54, 1.807) is 6.07 Å². The van der Waals surface area contributed by atoms with Gasteiger partial charge in [-0.15, -0.1) is 0 Å². The molecule has 112 valence electrons. The molecule has 0 fully saturated rings. The van der Waals surface area contributed by atoms with E-state index in [1.165, 1.54) is 11.1 Å². The Morgan fingerprint density at radius 3 is 2.82 bits per heavy atom. The SMILES string of the molecule is Cc1ccc(O)c2c1C1C=CCC1C(c1ccccc1Cl)N2. The first-order valence-electron chi connectivity index (χ1n) is 7.67. The minimum Gasteiger partial charge on any atom is -0.506 e. The Balaban J connectivity index is 1.88. The molecule has 0 radical (unpaired) electrons. The first-order chi connectivity index (χ1) is 10.7. The van der Waals surface area contributed by atoms with Crippen molar-refractivity contribution < 1.29 is 5.11 Å². The third kappa shape index (κ3) is 1.94. The normalized spacial score (nSPS) is 25.5. The molecule has 4 rings (SSSR count). The third-order valence-corrected chi connectivity index (χ3v) is 5.30. The van der Waals surface area contributed by atoms with Crippen LogP contribution >= 0.6 is 11.6 Å². The Hall–Kier alpha value is -1.93. The Morgan fingerprint density at radius 2 is 2.00 bits per heavy atom. The van der Waals surface area contributed by atoms with Gasteiger partial charge in [0.05, 0.1) is 11.7 Å². The number of phenolic OH excluding ortho intramolecular Hbond substituents is 1. The molecule has 1 aliphatic carbocycles. The van der Waals surface area contributed by atoms with Crippen molar-refractivity contribution in [3.63, 3.8) is 0 Å². The van der Waals surface area contributed by atoms with E-state index >= 15 is 0 Å². The zero-order valence-corrected chi connectivity index (χ0v) is 13.1. The maximum absolute atomic E-state index is 10.3. The second-order valence-corrected chi connectivity index (χ2v) is 6.59. The van der Waals surface area contributed by atoms with E-state index in [2.05, 4.69) is 30.5 Å². The van der Waals surface area contributed by atoms with E-state index < -0.39 is 0 Å². The smallest absolute Gasteiger partial charge is 0.139 e. The fraction of sp³-hybridized carbons (Fsp3) is 0.263. The molecule has 0 amide bonds. The lowest BCUT2D eigenvalue weighted by atomic mass is 9.75. The van der Waals surface area contributed by atoms with Crippen LogP contribution in [0.3, 0.4) is 0 Å². The minimum absolute atomic E-state index is 0.119. The van der Waals surface area contributed by atoms with Crippen molar-refractivity contribution in [2.75, 3.05) is 5.32 Å². The summed E-state index contributed by atoms with van der Waals surface area (Å²) in [4.78, 5) is 0. The molecule has 2 N–H and O–H groups in total. The van der Waals surface area contributed by atoms with Crippen molar-refractivity contribution >= 4 is 17.3 Å². The zero-order valence-electron chi connectivity index (χ0n) is 12.4. The predicted molar refractivity (Wildman–Crippen MR) is 90.6 cm³/mol. The third-order valence-electron chi connectivity index (χ3n) is 4.96. The van der Waals surface area contributed by atoms with E-state index in [0.29, 0.717) is 17.6 Å². The molecule has 2 aromatic rings. The standard InChI is InChI=1S/C19H18ClNO/c1-11-9-10-16(22)19-17(11)12-6-4-7-13(12)18(21-19)14-5-2-3-8-15(14)20/h2-6,8-10,12-13,18,21-22H,7H2,1H3. The van der Waals surface area contributed by atoms with E-state index in [4.69, 9.17) is 11.6 Å². The van der Waals surface area contributed by atoms with Gasteiger partial charge >= 0.3 is 0 Å². The summed E-state index contributed by atoms with van der Waals surface area (Å²) in [6, 6.07) is 11.9. The maximum atomic E-state index is 10.3. The molecule has 3 heteroatoms. The lowest BCUT2D eigenvalue weighted by Crippen LogP contribution is -2.29. The van der Waals surface area contributed by atoms with Gasteiger partial charge in [-0.05, 0) is 48.1 Å². The number of halogens is 1. The summed E-state index contributed by atoms with van der Waals surface area (Å²) in [5.74, 6) is 1.09. The van der Waals surface area contributed by atoms with E-state index in [9.17, 15) is 5.11 Å². The average Bonchev–Trinajstić information content (AvgIpc) is 3.00. The number of benzene rings is 2. The summed E-state index contributed by atoms with van der Waals surface area (Å²) >= 11 is 6.42. The fourth-order valence-electron chi connectivity index (χ4n) is 3.92. The lowest BCUT2D eigenvalue weighted by molar-refractivity contribution is 0.414. The van der Waals surface area contributed by atoms with Gasteiger partial charge in [-0.25, -0.2) is 0 Å². The highest BCUT2D eigenvalue weighted by Crippen LogP contribution is 2.53. The van der Waals surface area contributed by atoms with Crippen LogP contribution in [0.2, 0.25) is 5.02 Å². The summed E-state index contributed by atoms with van der Waals surface area (Å²) in [6.07, 6.45) is 5.56. The second-order valence-electron chi connectivity index (χ2n) is 6.19. The number of phenols is 1. The quantitative estimate of drug-likeness (QED) is 0.562. The molecule has 1 aliphatic heterocycles. The van der Waals surface area contributed by atoms with Gasteiger partial charge in [0.25, 0.3) is 0 Å². The van der Waals surface area contributed by atoms with Crippen molar-refractivity contribution in [1.29, 1.82) is 0 Å². The van der Waals surface area contributed by atoms with E-state index in [-0.39, 0.29) is 6.04 Å². The van der Waals surface area contributed by atoms with Crippen LogP contribution in [0.15, 0.2) is 48.6 Å². The summed E-state index contributed by atoms with van der Waals surface area (Å²) in [6.45, 7) is 2.11. The van der Waals surface area contributed by atoms with Gasteiger partial charge in [0.2, 0.25) is 0 Å². The largest absolute Gasteiger partial charge is 0.506 e. The van der Waals surface area contributed by atoms with Gasteiger partial charge in [-0.3, -0.25) is 0 Å². The van der Waals surface area contributed by atoms with Crippen LogP contribution in [0.4, 0.5) is 5.69 Å². The maximum Gasteiger partial charge on any atom is 0.139 e. The van der Waals surface area contributed by atoms with Crippen LogP contribution in [0.5, 0.6) is 5.75 Å². The summed E-state index contributed by atoms with van der Waals surface area (Å²) in [7, 11) is 0. The van der Waals surface area contributed by atoms with Gasteiger partial charge in [0, 0.05) is 10.9 Å². The van der Waals surface area contributed by atoms with Crippen molar-refractivity contribution in [1.82, 2.24) is 0 Å². The molecule has 0 bridgehead atoms. The van der Waals surface area contributed by atoms with E-state index in [1.807, 2.05) is 24.3 Å².